The Kier molecular flexibility index (Phi) is 8.89. The molecule has 3 aromatic carbocycles. The molecular formula is C31H41N3O4S. The molecule has 0 bridgehead atoms. The van der Waals surface area contributed by atoms with Gasteiger partial charge < -0.3 is 19.6 Å². The van der Waals surface area contributed by atoms with Gasteiger partial charge in [-0.2, -0.15) is 4.31 Å². The average molecular weight is 552 g/mol. The van der Waals surface area contributed by atoms with Crippen molar-refractivity contribution in [2.45, 2.75) is 63.1 Å². The second-order valence-corrected chi connectivity index (χ2v) is 12.3. The number of benzene rings is 3. The summed E-state index contributed by atoms with van der Waals surface area (Å²) in [6.45, 7) is 4.74. The van der Waals surface area contributed by atoms with Crippen LogP contribution in [0.3, 0.4) is 0 Å². The maximum Gasteiger partial charge on any atom is 0.246 e. The molecule has 1 aliphatic heterocycles. The van der Waals surface area contributed by atoms with Crippen LogP contribution in [-0.2, 0) is 23.2 Å². The van der Waals surface area contributed by atoms with Gasteiger partial charge in [0.15, 0.2) is 0 Å². The Morgan fingerprint density at radius 2 is 1.72 bits per heavy atom. The number of ether oxygens (including phenoxy) is 1. The number of hydrogen-bond acceptors (Lipinski definition) is 6. The predicted molar refractivity (Wildman–Crippen MR) is 158 cm³/mol. The molecule has 8 heteroatoms. The van der Waals surface area contributed by atoms with Gasteiger partial charge in [-0.25, -0.2) is 8.42 Å². The fourth-order valence-electron chi connectivity index (χ4n) is 5.55. The fourth-order valence-corrected chi connectivity index (χ4v) is 7.62. The minimum atomic E-state index is -3.97. The number of nitrogens with zero attached hydrogens (tertiary/aromatic N) is 3. The number of rotatable bonds is 10. The quantitative estimate of drug-likeness (QED) is 0.336. The van der Waals surface area contributed by atoms with Crippen molar-refractivity contribution >= 4 is 27.1 Å². The highest BCUT2D eigenvalue weighted by Crippen LogP contribution is 2.46. The number of aliphatic hydroxyl groups excluding tert-OH is 1. The fraction of sp³-hybridized carbons (Fsp3) is 0.419. The Morgan fingerprint density at radius 3 is 2.28 bits per heavy atom. The van der Waals surface area contributed by atoms with E-state index in [0.29, 0.717) is 24.2 Å². The zero-order valence-corrected chi connectivity index (χ0v) is 24.5. The molecule has 39 heavy (non-hydrogen) atoms. The number of para-hydroxylation sites is 1. The number of fused-ring (bicyclic) bond motifs is 1. The van der Waals surface area contributed by atoms with E-state index in [1.807, 2.05) is 79.7 Å². The van der Waals surface area contributed by atoms with E-state index in [1.54, 1.807) is 17.5 Å². The molecule has 1 N–H and O–H groups in total. The Labute approximate surface area is 233 Å². The van der Waals surface area contributed by atoms with E-state index in [4.69, 9.17) is 4.74 Å². The molecule has 1 unspecified atom stereocenters. The van der Waals surface area contributed by atoms with Crippen molar-refractivity contribution in [3.63, 3.8) is 0 Å². The summed E-state index contributed by atoms with van der Waals surface area (Å²) in [5.74, 6) is 0.731. The molecule has 0 saturated carbocycles. The highest BCUT2D eigenvalue weighted by Gasteiger charge is 2.48. The molecule has 0 amide bonds. The van der Waals surface area contributed by atoms with Crippen LogP contribution >= 0.6 is 0 Å². The van der Waals surface area contributed by atoms with Gasteiger partial charge in [0, 0.05) is 44.1 Å². The van der Waals surface area contributed by atoms with Gasteiger partial charge in [-0.05, 0) is 54.8 Å². The van der Waals surface area contributed by atoms with Crippen molar-refractivity contribution in [3.05, 3.63) is 77.9 Å². The lowest BCUT2D eigenvalue weighted by Gasteiger charge is -2.43. The second-order valence-electron chi connectivity index (χ2n) is 10.5. The first-order valence-electron chi connectivity index (χ1n) is 13.6. The Morgan fingerprint density at radius 1 is 1.03 bits per heavy atom. The summed E-state index contributed by atoms with van der Waals surface area (Å²) >= 11 is 0. The van der Waals surface area contributed by atoms with Gasteiger partial charge in [-0.3, -0.25) is 0 Å². The van der Waals surface area contributed by atoms with E-state index < -0.39 is 15.6 Å². The number of unbranched alkanes of at least 4 members (excludes halogenated alkanes) is 1. The summed E-state index contributed by atoms with van der Waals surface area (Å²) in [6, 6.07) is 21.2. The van der Waals surface area contributed by atoms with Crippen LogP contribution in [0, 0.1) is 0 Å². The number of anilines is 3. The van der Waals surface area contributed by atoms with Gasteiger partial charge >= 0.3 is 0 Å². The second kappa shape index (κ2) is 12.0. The molecule has 7 nitrogen and oxygen atoms in total. The molecule has 1 aliphatic rings. The van der Waals surface area contributed by atoms with E-state index in [0.717, 1.165) is 42.0 Å². The van der Waals surface area contributed by atoms with Crippen LogP contribution in [0.5, 0.6) is 5.75 Å². The molecule has 1 atom stereocenters. The number of methoxy groups -OCH3 is 1. The van der Waals surface area contributed by atoms with Crippen molar-refractivity contribution in [1.82, 2.24) is 4.31 Å². The van der Waals surface area contributed by atoms with Crippen molar-refractivity contribution in [2.75, 3.05) is 37.5 Å². The number of aliphatic hydroxyl groups is 1. The van der Waals surface area contributed by atoms with Crippen LogP contribution in [0.2, 0.25) is 0 Å². The van der Waals surface area contributed by atoms with Gasteiger partial charge in [0.1, 0.15) is 10.6 Å². The van der Waals surface area contributed by atoms with Gasteiger partial charge in [0.05, 0.1) is 24.9 Å². The van der Waals surface area contributed by atoms with Crippen molar-refractivity contribution in [3.8, 4) is 5.75 Å². The topological polar surface area (TPSA) is 73.3 Å². The molecule has 0 aliphatic carbocycles. The molecule has 4 rings (SSSR count). The molecule has 0 spiro atoms. The third-order valence-corrected chi connectivity index (χ3v) is 9.84. The molecule has 0 saturated heterocycles. The largest absolute Gasteiger partial charge is 0.497 e. The molecule has 210 valence electrons. The molecule has 0 radical (unpaired) electrons. The maximum absolute atomic E-state index is 14.8. The minimum absolute atomic E-state index is 0.223. The van der Waals surface area contributed by atoms with Crippen molar-refractivity contribution in [1.29, 1.82) is 0 Å². The lowest BCUT2D eigenvalue weighted by atomic mass is 9.88. The lowest BCUT2D eigenvalue weighted by molar-refractivity contribution is 0.163. The van der Waals surface area contributed by atoms with Gasteiger partial charge in [-0.1, -0.05) is 57.0 Å². The highest BCUT2D eigenvalue weighted by molar-refractivity contribution is 7.89. The summed E-state index contributed by atoms with van der Waals surface area (Å²) in [4.78, 5) is 4.31. The van der Waals surface area contributed by atoms with E-state index in [-0.39, 0.29) is 18.0 Å². The first kappa shape index (κ1) is 28.9. The summed E-state index contributed by atoms with van der Waals surface area (Å²) in [7, 11) is 1.47. The van der Waals surface area contributed by atoms with Crippen LogP contribution in [-0.4, -0.2) is 51.1 Å². The van der Waals surface area contributed by atoms with Crippen LogP contribution in [0.15, 0.2) is 71.6 Å². The van der Waals surface area contributed by atoms with E-state index in [2.05, 4.69) is 18.7 Å². The standard InChI is InChI=1S/C31H41N3O4S/c1-6-8-18-31(7-2)23-33(26-12-10-9-11-13-26)29-20-28(32(3)4)25(22-35)19-30(29)39(36,37)34(31)21-24-14-16-27(38-5)17-15-24/h9-17,19-20,35H,6-8,18,21-23H2,1-5H3. The van der Waals surface area contributed by atoms with Gasteiger partial charge in [0.2, 0.25) is 10.0 Å². The van der Waals surface area contributed by atoms with Crippen LogP contribution in [0.1, 0.15) is 50.7 Å². The Bertz CT molecular complexity index is 1360. The highest BCUT2D eigenvalue weighted by atomic mass is 32.2. The summed E-state index contributed by atoms with van der Waals surface area (Å²) < 4.78 is 36.7. The van der Waals surface area contributed by atoms with Crippen molar-refractivity contribution < 1.29 is 18.3 Å². The van der Waals surface area contributed by atoms with Gasteiger partial charge in [-0.15, -0.1) is 0 Å². The third-order valence-electron chi connectivity index (χ3n) is 7.86. The SMILES string of the molecule is CCCCC1(CC)CN(c2ccccc2)c2cc(N(C)C)c(CO)cc2S(=O)(=O)N1Cc1ccc(OC)cc1. The number of hydrogen-bond donors (Lipinski definition) is 1. The van der Waals surface area contributed by atoms with Crippen LogP contribution in [0.25, 0.3) is 0 Å². The molecule has 1 heterocycles. The van der Waals surface area contributed by atoms with E-state index >= 15 is 0 Å². The van der Waals surface area contributed by atoms with Crippen molar-refractivity contribution in [2.24, 2.45) is 0 Å². The third kappa shape index (κ3) is 5.64. The number of sulfonamides is 1. The summed E-state index contributed by atoms with van der Waals surface area (Å²) in [5.41, 5.74) is 3.20. The van der Waals surface area contributed by atoms with Crippen LogP contribution in [0.4, 0.5) is 17.1 Å². The zero-order chi connectivity index (χ0) is 28.2. The van der Waals surface area contributed by atoms with Gasteiger partial charge in [0.25, 0.3) is 0 Å². The first-order valence-corrected chi connectivity index (χ1v) is 15.1. The Hall–Kier alpha value is -3.07. The average Bonchev–Trinajstić information content (AvgIpc) is 3.03. The van der Waals surface area contributed by atoms with Crippen LogP contribution < -0.4 is 14.5 Å². The molecular weight excluding hydrogens is 510 g/mol. The smallest absolute Gasteiger partial charge is 0.246 e. The zero-order valence-electron chi connectivity index (χ0n) is 23.7. The van der Waals surface area contributed by atoms with E-state index in [1.165, 1.54) is 0 Å². The minimum Gasteiger partial charge on any atom is -0.497 e. The molecule has 0 aromatic heterocycles. The monoisotopic (exact) mass is 551 g/mol. The molecule has 0 fully saturated rings. The molecule has 3 aromatic rings. The predicted octanol–water partition coefficient (Wildman–Crippen LogP) is 5.94. The summed E-state index contributed by atoms with van der Waals surface area (Å²) in [5, 5.41) is 10.2. The Balaban J connectivity index is 2.01. The first-order chi connectivity index (χ1) is 18.7. The maximum atomic E-state index is 14.8. The lowest BCUT2D eigenvalue weighted by Crippen LogP contribution is -2.54. The normalized spacial score (nSPS) is 18.9. The van der Waals surface area contributed by atoms with E-state index in [9.17, 15) is 13.5 Å². The summed E-state index contributed by atoms with van der Waals surface area (Å²) in [6.07, 6.45) is 3.27.